The van der Waals surface area contributed by atoms with Crippen LogP contribution in [0.25, 0.3) is 16.7 Å². The van der Waals surface area contributed by atoms with Crippen molar-refractivity contribution in [2.24, 2.45) is 5.73 Å². The monoisotopic (exact) mass is 308 g/mol. The van der Waals surface area contributed by atoms with Crippen molar-refractivity contribution >= 4 is 16.8 Å². The minimum atomic E-state index is -0.971. The van der Waals surface area contributed by atoms with Crippen LogP contribution >= 0.6 is 0 Å². The van der Waals surface area contributed by atoms with Gasteiger partial charge in [-0.3, -0.25) is 4.79 Å². The molecule has 0 aliphatic carbocycles. The molecule has 1 unspecified atom stereocenters. The Labute approximate surface area is 132 Å². The Kier molecular flexibility index (Phi) is 3.67. The summed E-state index contributed by atoms with van der Waals surface area (Å²) >= 11 is 0. The van der Waals surface area contributed by atoms with E-state index in [4.69, 9.17) is 5.73 Å². The fraction of sp³-hybridized carbons (Fsp3) is 0.118. The van der Waals surface area contributed by atoms with Gasteiger partial charge in [-0.25, -0.2) is 4.68 Å². The summed E-state index contributed by atoms with van der Waals surface area (Å²) in [5, 5.41) is 18.8. The van der Waals surface area contributed by atoms with Crippen LogP contribution in [0, 0.1) is 6.92 Å². The number of hydrogen-bond donors (Lipinski definition) is 2. The maximum Gasteiger partial charge on any atom is 0.176 e. The molecule has 3 aromatic rings. The lowest BCUT2D eigenvalue weighted by atomic mass is 9.99. The van der Waals surface area contributed by atoms with Crippen molar-refractivity contribution < 1.29 is 9.90 Å². The zero-order valence-electron chi connectivity index (χ0n) is 12.6. The van der Waals surface area contributed by atoms with E-state index in [0.717, 1.165) is 17.2 Å². The smallest absolute Gasteiger partial charge is 0.176 e. The third-order valence-electron chi connectivity index (χ3n) is 3.69. The minimum absolute atomic E-state index is 0.0889. The van der Waals surface area contributed by atoms with Crippen LogP contribution in [0.2, 0.25) is 0 Å². The summed E-state index contributed by atoms with van der Waals surface area (Å²) in [5.74, 6) is -0.450. The van der Waals surface area contributed by atoms with E-state index in [1.54, 1.807) is 12.1 Å². The molecule has 0 saturated carbocycles. The zero-order valence-corrected chi connectivity index (χ0v) is 12.6. The number of ketones is 1. The first kappa shape index (κ1) is 14.9. The lowest BCUT2D eigenvalue weighted by molar-refractivity contribution is -0.115. The third kappa shape index (κ3) is 2.49. The first-order chi connectivity index (χ1) is 11.0. The molecule has 0 bridgehead atoms. The number of aromatic nitrogens is 3. The number of nitrogens with two attached hydrogens (primary N) is 1. The molecule has 6 heteroatoms. The van der Waals surface area contributed by atoms with Crippen molar-refractivity contribution in [3.63, 3.8) is 0 Å². The standard InChI is InChI=1S/C17H16N4O2/c1-3-15(22)16(18)11-8-10(2)9-14(17(11)23)21-13-7-5-4-6-12(13)19-20-21/h3-9,16,23H,1,18H2,2H3. The molecule has 116 valence electrons. The van der Waals surface area contributed by atoms with E-state index in [0.29, 0.717) is 16.8 Å². The van der Waals surface area contributed by atoms with Crippen LogP contribution in [-0.4, -0.2) is 25.9 Å². The summed E-state index contributed by atoms with van der Waals surface area (Å²) in [6.07, 6.45) is 1.15. The van der Waals surface area contributed by atoms with Gasteiger partial charge >= 0.3 is 0 Å². The molecule has 0 radical (unpaired) electrons. The highest BCUT2D eigenvalue weighted by molar-refractivity contribution is 5.95. The summed E-state index contributed by atoms with van der Waals surface area (Å²) < 4.78 is 1.53. The van der Waals surface area contributed by atoms with Crippen LogP contribution in [0.15, 0.2) is 49.1 Å². The van der Waals surface area contributed by atoms with Gasteiger partial charge in [-0.05, 0) is 36.8 Å². The predicted molar refractivity (Wildman–Crippen MR) is 87.4 cm³/mol. The predicted octanol–water partition coefficient (Wildman–Crippen LogP) is 2.19. The summed E-state index contributed by atoms with van der Waals surface area (Å²) in [5.41, 5.74) is 9.01. The summed E-state index contributed by atoms with van der Waals surface area (Å²) in [6, 6.07) is 9.89. The molecule has 0 aliphatic rings. The van der Waals surface area contributed by atoms with Crippen LogP contribution in [-0.2, 0) is 4.79 Å². The number of nitrogens with zero attached hydrogens (tertiary/aromatic N) is 3. The highest BCUT2D eigenvalue weighted by Crippen LogP contribution is 2.33. The fourth-order valence-corrected chi connectivity index (χ4v) is 2.51. The number of carbonyl (C=O) groups is 1. The normalized spacial score (nSPS) is 12.3. The first-order valence-electron chi connectivity index (χ1n) is 7.09. The van der Waals surface area contributed by atoms with Crippen LogP contribution in [0.4, 0.5) is 0 Å². The molecule has 0 amide bonds. The minimum Gasteiger partial charge on any atom is -0.505 e. The number of para-hydroxylation sites is 1. The molecule has 0 spiro atoms. The molecule has 0 fully saturated rings. The average Bonchev–Trinajstić information content (AvgIpc) is 2.99. The highest BCUT2D eigenvalue weighted by atomic mass is 16.3. The van der Waals surface area contributed by atoms with E-state index in [1.165, 1.54) is 4.68 Å². The number of fused-ring (bicyclic) bond motifs is 1. The van der Waals surface area contributed by atoms with Crippen LogP contribution in [0.5, 0.6) is 5.75 Å². The number of aromatic hydroxyl groups is 1. The Hall–Kier alpha value is -2.99. The fourth-order valence-electron chi connectivity index (χ4n) is 2.51. The second-order valence-electron chi connectivity index (χ2n) is 5.30. The Morgan fingerprint density at radius 1 is 1.39 bits per heavy atom. The Morgan fingerprint density at radius 3 is 2.87 bits per heavy atom. The molecule has 1 atom stereocenters. The van der Waals surface area contributed by atoms with E-state index in [9.17, 15) is 9.90 Å². The van der Waals surface area contributed by atoms with Gasteiger partial charge in [0, 0.05) is 5.56 Å². The second kappa shape index (κ2) is 5.66. The maximum atomic E-state index is 11.8. The molecule has 23 heavy (non-hydrogen) atoms. The molecule has 1 aromatic heterocycles. The van der Waals surface area contributed by atoms with Gasteiger partial charge in [0.15, 0.2) is 5.78 Å². The number of carbonyl (C=O) groups excluding carboxylic acids is 1. The van der Waals surface area contributed by atoms with Gasteiger partial charge in [-0.2, -0.15) is 0 Å². The van der Waals surface area contributed by atoms with Crippen molar-refractivity contribution in [3.8, 4) is 11.4 Å². The molecule has 2 aromatic carbocycles. The van der Waals surface area contributed by atoms with E-state index in [2.05, 4.69) is 16.9 Å². The number of phenolic OH excluding ortho intramolecular Hbond substituents is 1. The first-order valence-corrected chi connectivity index (χ1v) is 7.09. The SMILES string of the molecule is C=CC(=O)C(N)c1cc(C)cc(-n2nnc3ccccc32)c1O. The highest BCUT2D eigenvalue weighted by Gasteiger charge is 2.21. The average molecular weight is 308 g/mol. The van der Waals surface area contributed by atoms with Crippen molar-refractivity contribution in [1.82, 2.24) is 15.0 Å². The van der Waals surface area contributed by atoms with Crippen LogP contribution in [0.1, 0.15) is 17.2 Å². The quantitative estimate of drug-likeness (QED) is 0.721. The Balaban J connectivity index is 2.23. The number of benzene rings is 2. The van der Waals surface area contributed by atoms with Gasteiger partial charge in [0.2, 0.25) is 0 Å². The summed E-state index contributed by atoms with van der Waals surface area (Å²) in [7, 11) is 0. The topological polar surface area (TPSA) is 94.0 Å². The van der Waals surface area contributed by atoms with Gasteiger partial charge in [-0.15, -0.1) is 5.10 Å². The van der Waals surface area contributed by atoms with Gasteiger partial charge in [-0.1, -0.05) is 30.0 Å². The van der Waals surface area contributed by atoms with Crippen molar-refractivity contribution in [3.05, 3.63) is 60.2 Å². The van der Waals surface area contributed by atoms with E-state index in [1.807, 2.05) is 31.2 Å². The molecule has 0 aliphatic heterocycles. The van der Waals surface area contributed by atoms with Crippen molar-refractivity contribution in [2.75, 3.05) is 0 Å². The zero-order chi connectivity index (χ0) is 16.6. The Bertz CT molecular complexity index is 914. The molecule has 3 rings (SSSR count). The van der Waals surface area contributed by atoms with Gasteiger partial charge in [0.25, 0.3) is 0 Å². The Morgan fingerprint density at radius 2 is 2.13 bits per heavy atom. The molecule has 6 nitrogen and oxygen atoms in total. The summed E-state index contributed by atoms with van der Waals surface area (Å²) in [4.78, 5) is 11.8. The number of hydrogen-bond acceptors (Lipinski definition) is 5. The number of phenols is 1. The maximum absolute atomic E-state index is 11.8. The van der Waals surface area contributed by atoms with Crippen LogP contribution < -0.4 is 5.73 Å². The van der Waals surface area contributed by atoms with E-state index < -0.39 is 6.04 Å². The van der Waals surface area contributed by atoms with Crippen molar-refractivity contribution in [1.29, 1.82) is 0 Å². The largest absolute Gasteiger partial charge is 0.505 e. The van der Waals surface area contributed by atoms with E-state index in [-0.39, 0.29) is 11.5 Å². The third-order valence-corrected chi connectivity index (χ3v) is 3.69. The van der Waals surface area contributed by atoms with Gasteiger partial charge in [0.05, 0.1) is 11.6 Å². The molecule has 1 heterocycles. The molecular formula is C17H16N4O2. The second-order valence-corrected chi connectivity index (χ2v) is 5.30. The van der Waals surface area contributed by atoms with Crippen molar-refractivity contribution in [2.45, 2.75) is 13.0 Å². The number of aryl methyl sites for hydroxylation is 1. The summed E-state index contributed by atoms with van der Waals surface area (Å²) in [6.45, 7) is 5.29. The lowest BCUT2D eigenvalue weighted by Crippen LogP contribution is -2.20. The van der Waals surface area contributed by atoms with Gasteiger partial charge < -0.3 is 10.8 Å². The lowest BCUT2D eigenvalue weighted by Gasteiger charge is -2.15. The van der Waals surface area contributed by atoms with Crippen LogP contribution in [0.3, 0.4) is 0 Å². The van der Waals surface area contributed by atoms with E-state index >= 15 is 0 Å². The molecule has 0 saturated heterocycles. The van der Waals surface area contributed by atoms with Gasteiger partial charge in [0.1, 0.15) is 17.0 Å². The number of rotatable bonds is 4. The molecule has 3 N–H and O–H groups in total. The molecular weight excluding hydrogens is 292 g/mol.